The number of nitrogens with one attached hydrogen (secondary N) is 1. The van der Waals surface area contributed by atoms with Crippen LogP contribution in [0.1, 0.15) is 22.6 Å². The third-order valence-electron chi connectivity index (χ3n) is 3.71. The van der Waals surface area contributed by atoms with Gasteiger partial charge in [0.05, 0.1) is 15.2 Å². The zero-order valence-corrected chi connectivity index (χ0v) is 14.5. The van der Waals surface area contributed by atoms with Gasteiger partial charge in [0.1, 0.15) is 0 Å². The molecule has 0 atom stereocenters. The van der Waals surface area contributed by atoms with Gasteiger partial charge in [0, 0.05) is 19.0 Å². The van der Waals surface area contributed by atoms with E-state index in [2.05, 4.69) is 16.4 Å². The lowest BCUT2D eigenvalue weighted by Gasteiger charge is -2.00. The number of para-hydroxylation sites is 1. The first-order valence-corrected chi connectivity index (χ1v) is 8.89. The summed E-state index contributed by atoms with van der Waals surface area (Å²) < 4.78 is 1.22. The van der Waals surface area contributed by atoms with Crippen LogP contribution in [0.15, 0.2) is 54.6 Å². The number of carbonyl (C=O) groups excluding carboxylic acids is 1. The fraction of sp³-hybridized carbons (Fsp3) is 0.200. The van der Waals surface area contributed by atoms with E-state index in [1.165, 1.54) is 10.3 Å². The molecule has 122 valence electrons. The second-order valence-electron chi connectivity index (χ2n) is 5.71. The first-order chi connectivity index (χ1) is 11.7. The van der Waals surface area contributed by atoms with Crippen LogP contribution in [0.3, 0.4) is 0 Å². The highest BCUT2D eigenvalue weighted by molar-refractivity contribution is 7.18. The molecule has 0 unspecified atom stereocenters. The van der Waals surface area contributed by atoms with Gasteiger partial charge in [-0.1, -0.05) is 42.0 Å². The summed E-state index contributed by atoms with van der Waals surface area (Å²) in [6.07, 6.45) is 5.20. The lowest BCUT2D eigenvalue weighted by atomic mass is 10.1. The summed E-state index contributed by atoms with van der Waals surface area (Å²) in [7, 11) is 0. The van der Waals surface area contributed by atoms with Crippen LogP contribution in [0.4, 0.5) is 0 Å². The number of thiazole rings is 1. The Hall–Kier alpha value is -2.46. The van der Waals surface area contributed by atoms with E-state index in [0.717, 1.165) is 28.9 Å². The number of aromatic nitrogens is 1. The molecule has 3 nitrogen and oxygen atoms in total. The number of hydrogen-bond donors (Lipinski definition) is 1. The fourth-order valence-electron chi connectivity index (χ4n) is 2.39. The summed E-state index contributed by atoms with van der Waals surface area (Å²) >= 11 is 1.73. The van der Waals surface area contributed by atoms with Crippen molar-refractivity contribution in [2.24, 2.45) is 0 Å². The Morgan fingerprint density at radius 3 is 2.75 bits per heavy atom. The van der Waals surface area contributed by atoms with Crippen LogP contribution in [0, 0.1) is 6.92 Å². The number of hydrogen-bond acceptors (Lipinski definition) is 3. The number of rotatable bonds is 6. The summed E-state index contributed by atoms with van der Waals surface area (Å²) in [6.45, 7) is 2.71. The number of carbonyl (C=O) groups is 1. The minimum absolute atomic E-state index is 0.0557. The number of amides is 1. The van der Waals surface area contributed by atoms with Crippen LogP contribution in [0.2, 0.25) is 0 Å². The first kappa shape index (κ1) is 16.4. The molecule has 0 aliphatic rings. The number of benzene rings is 2. The average Bonchev–Trinajstić information content (AvgIpc) is 3.01. The predicted molar refractivity (Wildman–Crippen MR) is 101 cm³/mol. The van der Waals surface area contributed by atoms with Crippen molar-refractivity contribution in [2.45, 2.75) is 19.8 Å². The quantitative estimate of drug-likeness (QED) is 0.536. The Morgan fingerprint density at radius 1 is 1.17 bits per heavy atom. The van der Waals surface area contributed by atoms with E-state index < -0.39 is 0 Å². The summed E-state index contributed by atoms with van der Waals surface area (Å²) in [5.74, 6) is -0.0557. The highest BCUT2D eigenvalue weighted by Gasteiger charge is 2.03. The van der Waals surface area contributed by atoms with Crippen molar-refractivity contribution < 1.29 is 4.79 Å². The second kappa shape index (κ2) is 7.88. The van der Waals surface area contributed by atoms with Crippen molar-refractivity contribution in [1.29, 1.82) is 0 Å². The number of aryl methyl sites for hydroxylation is 2. The molecule has 1 N–H and O–H groups in total. The molecule has 0 bridgehead atoms. The van der Waals surface area contributed by atoms with E-state index in [1.54, 1.807) is 17.4 Å². The van der Waals surface area contributed by atoms with Crippen LogP contribution in [-0.2, 0) is 11.2 Å². The molecule has 0 saturated carbocycles. The van der Waals surface area contributed by atoms with Crippen molar-refractivity contribution in [3.05, 3.63) is 70.7 Å². The Kier molecular flexibility index (Phi) is 5.39. The van der Waals surface area contributed by atoms with Gasteiger partial charge in [0.25, 0.3) is 0 Å². The van der Waals surface area contributed by atoms with Gasteiger partial charge in [-0.15, -0.1) is 11.3 Å². The van der Waals surface area contributed by atoms with Crippen LogP contribution >= 0.6 is 11.3 Å². The Labute approximate surface area is 146 Å². The van der Waals surface area contributed by atoms with Gasteiger partial charge in [-0.25, -0.2) is 4.98 Å². The summed E-state index contributed by atoms with van der Waals surface area (Å²) in [5, 5.41) is 4.05. The van der Waals surface area contributed by atoms with Crippen molar-refractivity contribution >= 4 is 33.5 Å². The Balaban J connectivity index is 1.42. The van der Waals surface area contributed by atoms with Crippen LogP contribution in [0.5, 0.6) is 0 Å². The van der Waals surface area contributed by atoms with Gasteiger partial charge < -0.3 is 5.32 Å². The molecule has 0 spiro atoms. The van der Waals surface area contributed by atoms with E-state index in [4.69, 9.17) is 0 Å². The second-order valence-corrected chi connectivity index (χ2v) is 6.83. The lowest BCUT2D eigenvalue weighted by molar-refractivity contribution is -0.116. The minimum Gasteiger partial charge on any atom is -0.353 e. The predicted octanol–water partition coefficient (Wildman–Crippen LogP) is 4.37. The SMILES string of the molecule is Cc1ccc(/C=C/C(=O)NCCCc2nc3ccccc3s2)cc1. The highest BCUT2D eigenvalue weighted by atomic mass is 32.1. The number of fused-ring (bicyclic) bond motifs is 1. The summed E-state index contributed by atoms with van der Waals surface area (Å²) in [5.41, 5.74) is 3.30. The maximum Gasteiger partial charge on any atom is 0.243 e. The molecule has 4 heteroatoms. The van der Waals surface area contributed by atoms with Gasteiger partial charge >= 0.3 is 0 Å². The van der Waals surface area contributed by atoms with Crippen LogP contribution < -0.4 is 5.32 Å². The van der Waals surface area contributed by atoms with Crippen LogP contribution in [0.25, 0.3) is 16.3 Å². The zero-order valence-electron chi connectivity index (χ0n) is 13.7. The van der Waals surface area contributed by atoms with Crippen molar-refractivity contribution in [3.63, 3.8) is 0 Å². The molecule has 0 aliphatic carbocycles. The topological polar surface area (TPSA) is 42.0 Å². The van der Waals surface area contributed by atoms with E-state index in [1.807, 2.05) is 55.5 Å². The monoisotopic (exact) mass is 336 g/mol. The minimum atomic E-state index is -0.0557. The molecule has 24 heavy (non-hydrogen) atoms. The van der Waals surface area contributed by atoms with Gasteiger partial charge in [-0.2, -0.15) is 0 Å². The molecule has 1 amide bonds. The maximum absolute atomic E-state index is 11.8. The molecule has 0 fully saturated rings. The highest BCUT2D eigenvalue weighted by Crippen LogP contribution is 2.22. The summed E-state index contributed by atoms with van der Waals surface area (Å²) in [4.78, 5) is 16.4. The molecule has 1 aromatic heterocycles. The molecule has 2 aromatic carbocycles. The van der Waals surface area contributed by atoms with Gasteiger partial charge in [0.2, 0.25) is 5.91 Å². The molecule has 0 saturated heterocycles. The van der Waals surface area contributed by atoms with E-state index >= 15 is 0 Å². The van der Waals surface area contributed by atoms with Gasteiger partial charge in [-0.05, 0) is 37.1 Å². The fourth-order valence-corrected chi connectivity index (χ4v) is 3.40. The van der Waals surface area contributed by atoms with Gasteiger partial charge in [-0.3, -0.25) is 4.79 Å². The molecule has 3 aromatic rings. The molecule has 0 aliphatic heterocycles. The van der Waals surface area contributed by atoms with E-state index in [9.17, 15) is 4.79 Å². The summed E-state index contributed by atoms with van der Waals surface area (Å²) in [6, 6.07) is 16.3. The third-order valence-corrected chi connectivity index (χ3v) is 4.81. The molecule has 0 radical (unpaired) electrons. The maximum atomic E-state index is 11.8. The normalized spacial score (nSPS) is 11.2. The molecule has 3 rings (SSSR count). The first-order valence-electron chi connectivity index (χ1n) is 8.08. The third kappa shape index (κ3) is 4.52. The van der Waals surface area contributed by atoms with Crippen molar-refractivity contribution in [3.8, 4) is 0 Å². The molecule has 1 heterocycles. The standard InChI is InChI=1S/C20H20N2OS/c1-15-8-10-16(11-9-15)12-13-19(23)21-14-4-7-20-22-17-5-2-3-6-18(17)24-20/h2-3,5-6,8-13H,4,7,14H2,1H3,(H,21,23)/b13-12+. The van der Waals surface area contributed by atoms with Gasteiger partial charge in [0.15, 0.2) is 0 Å². The van der Waals surface area contributed by atoms with E-state index in [0.29, 0.717) is 6.54 Å². The van der Waals surface area contributed by atoms with E-state index in [-0.39, 0.29) is 5.91 Å². The van der Waals surface area contributed by atoms with Crippen molar-refractivity contribution in [2.75, 3.05) is 6.54 Å². The number of nitrogens with zero attached hydrogens (tertiary/aromatic N) is 1. The molecular formula is C20H20N2OS. The largest absolute Gasteiger partial charge is 0.353 e. The Morgan fingerprint density at radius 2 is 1.96 bits per heavy atom. The molecular weight excluding hydrogens is 316 g/mol. The Bertz CT molecular complexity index is 816. The average molecular weight is 336 g/mol. The van der Waals surface area contributed by atoms with Crippen molar-refractivity contribution in [1.82, 2.24) is 10.3 Å². The lowest BCUT2D eigenvalue weighted by Crippen LogP contribution is -2.22. The zero-order chi connectivity index (χ0) is 16.8. The van der Waals surface area contributed by atoms with Crippen LogP contribution in [-0.4, -0.2) is 17.4 Å². The smallest absolute Gasteiger partial charge is 0.243 e.